The van der Waals surface area contributed by atoms with Crippen LogP contribution in [0.3, 0.4) is 0 Å². The Morgan fingerprint density at radius 1 is 1.53 bits per heavy atom. The molecule has 2 heterocycles. The maximum atomic E-state index is 5.63. The van der Waals surface area contributed by atoms with Crippen LogP contribution in [0.4, 0.5) is 11.8 Å². The van der Waals surface area contributed by atoms with E-state index >= 15 is 0 Å². The zero-order valence-electron chi connectivity index (χ0n) is 9.10. The van der Waals surface area contributed by atoms with Gasteiger partial charge < -0.3 is 15.4 Å². The molecule has 0 aliphatic carbocycles. The van der Waals surface area contributed by atoms with Crippen LogP contribution in [0, 0.1) is 0 Å². The normalized spacial score (nSPS) is 20.3. The van der Waals surface area contributed by atoms with Crippen LogP contribution in [0.15, 0.2) is 12.3 Å². The third kappa shape index (κ3) is 2.36. The molecule has 1 aromatic heterocycles. The molecule has 82 valence electrons. The van der Waals surface area contributed by atoms with Crippen LogP contribution in [-0.4, -0.2) is 35.3 Å². The number of nitrogens with zero attached hydrogens (tertiary/aromatic N) is 3. The molecule has 15 heavy (non-hydrogen) atoms. The van der Waals surface area contributed by atoms with Crippen LogP contribution in [0.5, 0.6) is 0 Å². The molecule has 1 aliphatic rings. The van der Waals surface area contributed by atoms with Crippen LogP contribution in [-0.2, 0) is 4.74 Å². The van der Waals surface area contributed by atoms with Crippen molar-refractivity contribution in [1.29, 1.82) is 0 Å². The monoisotopic (exact) mass is 208 g/mol. The highest BCUT2D eigenvalue weighted by molar-refractivity contribution is 5.41. The maximum absolute atomic E-state index is 5.63. The first-order valence-electron chi connectivity index (χ1n) is 5.04. The van der Waals surface area contributed by atoms with Crippen molar-refractivity contribution in [3.05, 3.63) is 12.3 Å². The molecule has 0 amide bonds. The first-order chi connectivity index (χ1) is 7.07. The van der Waals surface area contributed by atoms with Crippen molar-refractivity contribution < 1.29 is 4.74 Å². The lowest BCUT2D eigenvalue weighted by Crippen LogP contribution is -2.48. The minimum Gasteiger partial charge on any atom is -0.372 e. The molecule has 0 radical (unpaired) electrons. The first kappa shape index (κ1) is 10.2. The Morgan fingerprint density at radius 2 is 2.33 bits per heavy atom. The van der Waals surface area contributed by atoms with Gasteiger partial charge in [-0.05, 0) is 19.9 Å². The molecular formula is C10H16N4O. The minimum absolute atomic E-state index is 0.127. The Balaban J connectivity index is 2.17. The molecular weight excluding hydrogens is 192 g/mol. The van der Waals surface area contributed by atoms with Gasteiger partial charge in [0, 0.05) is 19.3 Å². The predicted molar refractivity (Wildman–Crippen MR) is 58.7 cm³/mol. The van der Waals surface area contributed by atoms with E-state index in [1.807, 2.05) is 6.07 Å². The second-order valence-electron chi connectivity index (χ2n) is 4.30. The Kier molecular flexibility index (Phi) is 2.48. The number of hydrogen-bond acceptors (Lipinski definition) is 5. The molecule has 0 bridgehead atoms. The van der Waals surface area contributed by atoms with E-state index in [1.54, 1.807) is 6.20 Å². The van der Waals surface area contributed by atoms with Gasteiger partial charge in [0.15, 0.2) is 0 Å². The molecule has 5 heteroatoms. The van der Waals surface area contributed by atoms with Crippen molar-refractivity contribution >= 4 is 11.8 Å². The van der Waals surface area contributed by atoms with Crippen molar-refractivity contribution in [3.8, 4) is 0 Å². The summed E-state index contributed by atoms with van der Waals surface area (Å²) in [6.45, 7) is 6.54. The van der Waals surface area contributed by atoms with Gasteiger partial charge in [0.1, 0.15) is 5.82 Å². The highest BCUT2D eigenvalue weighted by Gasteiger charge is 2.27. The third-order valence-corrected chi connectivity index (χ3v) is 2.41. The molecule has 5 nitrogen and oxygen atoms in total. The lowest BCUT2D eigenvalue weighted by atomic mass is 10.1. The van der Waals surface area contributed by atoms with Crippen LogP contribution >= 0.6 is 0 Å². The summed E-state index contributed by atoms with van der Waals surface area (Å²) in [7, 11) is 0. The Labute approximate surface area is 89.3 Å². The van der Waals surface area contributed by atoms with E-state index in [9.17, 15) is 0 Å². The van der Waals surface area contributed by atoms with E-state index in [-0.39, 0.29) is 5.60 Å². The Hall–Kier alpha value is -1.36. The van der Waals surface area contributed by atoms with Crippen LogP contribution in [0.25, 0.3) is 0 Å². The van der Waals surface area contributed by atoms with Gasteiger partial charge in [-0.15, -0.1) is 0 Å². The van der Waals surface area contributed by atoms with Gasteiger partial charge >= 0.3 is 0 Å². The van der Waals surface area contributed by atoms with Gasteiger partial charge in [-0.25, -0.2) is 4.98 Å². The number of hydrogen-bond donors (Lipinski definition) is 1. The molecule has 0 atom stereocenters. The van der Waals surface area contributed by atoms with Gasteiger partial charge in [-0.2, -0.15) is 4.98 Å². The van der Waals surface area contributed by atoms with Gasteiger partial charge in [0.25, 0.3) is 0 Å². The topological polar surface area (TPSA) is 64.3 Å². The van der Waals surface area contributed by atoms with E-state index in [0.29, 0.717) is 5.95 Å². The number of ether oxygens (including phenoxy) is 1. The van der Waals surface area contributed by atoms with E-state index < -0.39 is 0 Å². The molecule has 0 spiro atoms. The SMILES string of the molecule is CC1(C)CN(c2ccnc(N)n2)CCO1. The van der Waals surface area contributed by atoms with Crippen molar-refractivity contribution in [1.82, 2.24) is 9.97 Å². The molecule has 1 fully saturated rings. The molecule has 0 unspecified atom stereocenters. The van der Waals surface area contributed by atoms with Crippen molar-refractivity contribution in [3.63, 3.8) is 0 Å². The van der Waals surface area contributed by atoms with E-state index in [0.717, 1.165) is 25.5 Å². The standard InChI is InChI=1S/C10H16N4O/c1-10(2)7-14(5-6-15-10)8-3-4-12-9(11)13-8/h3-4H,5-7H2,1-2H3,(H2,11,12,13). The van der Waals surface area contributed by atoms with E-state index in [4.69, 9.17) is 10.5 Å². The highest BCUT2D eigenvalue weighted by atomic mass is 16.5. The molecule has 1 aromatic rings. The third-order valence-electron chi connectivity index (χ3n) is 2.41. The van der Waals surface area contributed by atoms with E-state index in [1.165, 1.54) is 0 Å². The Bertz CT molecular complexity index is 353. The van der Waals surface area contributed by atoms with Gasteiger partial charge in [-0.3, -0.25) is 0 Å². The summed E-state index contributed by atoms with van der Waals surface area (Å²) in [5, 5.41) is 0. The average Bonchev–Trinajstić information content (AvgIpc) is 2.16. The Morgan fingerprint density at radius 3 is 3.00 bits per heavy atom. The summed E-state index contributed by atoms with van der Waals surface area (Å²) in [6.07, 6.45) is 1.68. The van der Waals surface area contributed by atoms with Crippen molar-refractivity contribution in [2.24, 2.45) is 0 Å². The fourth-order valence-corrected chi connectivity index (χ4v) is 1.75. The molecule has 2 N–H and O–H groups in total. The first-order valence-corrected chi connectivity index (χ1v) is 5.04. The minimum atomic E-state index is -0.127. The molecule has 0 aromatic carbocycles. The summed E-state index contributed by atoms with van der Waals surface area (Å²) in [4.78, 5) is 10.2. The average molecular weight is 208 g/mol. The lowest BCUT2D eigenvalue weighted by Gasteiger charge is -2.38. The van der Waals surface area contributed by atoms with Crippen LogP contribution in [0.1, 0.15) is 13.8 Å². The number of aromatic nitrogens is 2. The summed E-state index contributed by atoms with van der Waals surface area (Å²) < 4.78 is 5.63. The molecule has 1 aliphatic heterocycles. The smallest absolute Gasteiger partial charge is 0.221 e. The van der Waals surface area contributed by atoms with Gasteiger partial charge in [0.05, 0.1) is 12.2 Å². The number of nitrogens with two attached hydrogens (primary N) is 1. The number of morpholine rings is 1. The fourth-order valence-electron chi connectivity index (χ4n) is 1.75. The zero-order valence-corrected chi connectivity index (χ0v) is 9.10. The lowest BCUT2D eigenvalue weighted by molar-refractivity contribution is -0.0279. The largest absolute Gasteiger partial charge is 0.372 e. The zero-order chi connectivity index (χ0) is 10.9. The van der Waals surface area contributed by atoms with Crippen molar-refractivity contribution in [2.45, 2.75) is 19.4 Å². The quantitative estimate of drug-likeness (QED) is 0.735. The summed E-state index contributed by atoms with van der Waals surface area (Å²) in [6, 6.07) is 1.87. The second-order valence-corrected chi connectivity index (χ2v) is 4.30. The second kappa shape index (κ2) is 3.66. The molecule has 0 saturated carbocycles. The number of nitrogen functional groups attached to an aromatic ring is 1. The van der Waals surface area contributed by atoms with Crippen molar-refractivity contribution in [2.75, 3.05) is 30.3 Å². The molecule has 2 rings (SSSR count). The fraction of sp³-hybridized carbons (Fsp3) is 0.600. The number of anilines is 2. The summed E-state index contributed by atoms with van der Waals surface area (Å²) in [5.74, 6) is 1.19. The molecule has 1 saturated heterocycles. The predicted octanol–water partition coefficient (Wildman–Crippen LogP) is 0.674. The van der Waals surface area contributed by atoms with Crippen LogP contribution < -0.4 is 10.6 Å². The maximum Gasteiger partial charge on any atom is 0.221 e. The van der Waals surface area contributed by atoms with Crippen LogP contribution in [0.2, 0.25) is 0 Å². The number of rotatable bonds is 1. The van der Waals surface area contributed by atoms with E-state index in [2.05, 4.69) is 28.7 Å². The summed E-state index contributed by atoms with van der Waals surface area (Å²) in [5.41, 5.74) is 5.43. The highest BCUT2D eigenvalue weighted by Crippen LogP contribution is 2.21. The van der Waals surface area contributed by atoms with Gasteiger partial charge in [0.2, 0.25) is 5.95 Å². The van der Waals surface area contributed by atoms with Gasteiger partial charge in [-0.1, -0.05) is 0 Å². The summed E-state index contributed by atoms with van der Waals surface area (Å²) >= 11 is 0.